The summed E-state index contributed by atoms with van der Waals surface area (Å²) in [6.07, 6.45) is 5.55. The maximum absolute atomic E-state index is 12.5. The van der Waals surface area contributed by atoms with Crippen LogP contribution < -0.4 is 10.6 Å². The fourth-order valence-corrected chi connectivity index (χ4v) is 4.23. The zero-order chi connectivity index (χ0) is 16.4. The lowest BCUT2D eigenvalue weighted by atomic mass is 9.82. The molecule has 2 heterocycles. The van der Waals surface area contributed by atoms with Crippen LogP contribution in [0.3, 0.4) is 0 Å². The first-order valence-corrected chi connectivity index (χ1v) is 8.87. The quantitative estimate of drug-likeness (QED) is 0.818. The summed E-state index contributed by atoms with van der Waals surface area (Å²) in [6, 6.07) is 8.91. The monoisotopic (exact) mass is 331 g/mol. The molecule has 3 rings (SSSR count). The molecule has 2 bridgehead atoms. The number of carbonyl (C=O) groups excluding carboxylic acids is 1. The molecule has 1 amide bonds. The maximum atomic E-state index is 12.5. The Hall–Kier alpha value is -1.62. The predicted molar refractivity (Wildman–Crippen MR) is 96.6 cm³/mol. The van der Waals surface area contributed by atoms with Gasteiger partial charge in [-0.2, -0.15) is 0 Å². The minimum atomic E-state index is 0.0396. The van der Waals surface area contributed by atoms with Gasteiger partial charge in [0.15, 0.2) is 5.11 Å². The van der Waals surface area contributed by atoms with Gasteiger partial charge in [0.1, 0.15) is 0 Å². The van der Waals surface area contributed by atoms with Gasteiger partial charge in [-0.3, -0.25) is 4.79 Å². The van der Waals surface area contributed by atoms with Crippen LogP contribution in [0.4, 0.5) is 0 Å². The highest BCUT2D eigenvalue weighted by Crippen LogP contribution is 2.34. The van der Waals surface area contributed by atoms with Crippen molar-refractivity contribution < 1.29 is 4.79 Å². The summed E-state index contributed by atoms with van der Waals surface area (Å²) in [5.41, 5.74) is 1.92. The molecule has 0 spiro atoms. The van der Waals surface area contributed by atoms with Gasteiger partial charge in [-0.05, 0) is 63.4 Å². The summed E-state index contributed by atoms with van der Waals surface area (Å²) >= 11 is 5.47. The third kappa shape index (κ3) is 3.50. The second-order valence-corrected chi connectivity index (χ2v) is 7.10. The summed E-state index contributed by atoms with van der Waals surface area (Å²) in [4.78, 5) is 14.8. The standard InChI is InChI=1S/C18H25N3OS/c1-12-6-8-13(9-7-12)17(22)20-14-10-15-4-3-5-16(11-14)21(15)18(23)19-2/h6-9,14-16H,3-5,10-11H2,1-2H3,(H,19,23)(H,20,22)/t14?,15-,16+. The van der Waals surface area contributed by atoms with Gasteiger partial charge in [0, 0.05) is 30.7 Å². The molecule has 124 valence electrons. The number of hydrogen-bond acceptors (Lipinski definition) is 2. The van der Waals surface area contributed by atoms with E-state index in [1.54, 1.807) is 0 Å². The molecule has 2 saturated heterocycles. The Kier molecular flexibility index (Phi) is 4.85. The molecule has 1 unspecified atom stereocenters. The largest absolute Gasteiger partial charge is 0.366 e. The number of rotatable bonds is 2. The molecule has 0 aliphatic carbocycles. The molecule has 0 saturated carbocycles. The van der Waals surface area contributed by atoms with Crippen molar-refractivity contribution in [2.24, 2.45) is 0 Å². The van der Waals surface area contributed by atoms with Crippen molar-refractivity contribution in [3.05, 3.63) is 35.4 Å². The Bertz CT molecular complexity index is 572. The predicted octanol–water partition coefficient (Wildman–Crippen LogP) is 2.61. The van der Waals surface area contributed by atoms with E-state index in [1.807, 2.05) is 38.2 Å². The number of nitrogens with zero attached hydrogens (tertiary/aromatic N) is 1. The van der Waals surface area contributed by atoms with E-state index in [4.69, 9.17) is 12.2 Å². The molecule has 2 aliphatic heterocycles. The van der Waals surface area contributed by atoms with Crippen LogP contribution in [0.25, 0.3) is 0 Å². The SMILES string of the molecule is CNC(=S)N1[C@@H]2CCC[C@H]1CC(NC(=O)c1ccc(C)cc1)C2. The molecule has 2 N–H and O–H groups in total. The minimum Gasteiger partial charge on any atom is -0.366 e. The van der Waals surface area contributed by atoms with Crippen molar-refractivity contribution >= 4 is 23.2 Å². The lowest BCUT2D eigenvalue weighted by molar-refractivity contribution is 0.0742. The number of thiocarbonyl (C=S) groups is 1. The Balaban J connectivity index is 1.66. The number of nitrogens with one attached hydrogen (secondary N) is 2. The molecule has 0 radical (unpaired) electrons. The van der Waals surface area contributed by atoms with Crippen molar-refractivity contribution in [1.82, 2.24) is 15.5 Å². The second kappa shape index (κ2) is 6.87. The Labute approximate surface area is 143 Å². The summed E-state index contributed by atoms with van der Waals surface area (Å²) in [6.45, 7) is 2.03. The highest BCUT2D eigenvalue weighted by atomic mass is 32.1. The molecule has 2 aliphatic rings. The molecular formula is C18H25N3OS. The molecular weight excluding hydrogens is 306 g/mol. The van der Waals surface area contributed by atoms with E-state index < -0.39 is 0 Å². The van der Waals surface area contributed by atoms with Gasteiger partial charge >= 0.3 is 0 Å². The van der Waals surface area contributed by atoms with Gasteiger partial charge in [0.05, 0.1) is 0 Å². The van der Waals surface area contributed by atoms with E-state index in [0.717, 1.165) is 36.4 Å². The first-order valence-electron chi connectivity index (χ1n) is 8.46. The van der Waals surface area contributed by atoms with Gasteiger partial charge in [0.2, 0.25) is 0 Å². The van der Waals surface area contributed by atoms with Gasteiger partial charge in [-0.25, -0.2) is 0 Å². The number of benzene rings is 1. The average molecular weight is 331 g/mol. The number of piperidine rings is 2. The van der Waals surface area contributed by atoms with Crippen molar-refractivity contribution in [2.45, 2.75) is 57.2 Å². The number of amides is 1. The Morgan fingerprint density at radius 2 is 1.78 bits per heavy atom. The molecule has 23 heavy (non-hydrogen) atoms. The van der Waals surface area contributed by atoms with E-state index in [-0.39, 0.29) is 11.9 Å². The van der Waals surface area contributed by atoms with Gasteiger partial charge in [-0.15, -0.1) is 0 Å². The number of hydrogen-bond donors (Lipinski definition) is 2. The normalized spacial score (nSPS) is 26.5. The van der Waals surface area contributed by atoms with Crippen LogP contribution in [-0.2, 0) is 0 Å². The minimum absolute atomic E-state index is 0.0396. The van der Waals surface area contributed by atoms with Crippen LogP contribution in [-0.4, -0.2) is 41.1 Å². The number of aryl methyl sites for hydroxylation is 1. The fourth-order valence-electron chi connectivity index (χ4n) is 3.93. The lowest BCUT2D eigenvalue weighted by Gasteiger charge is -2.50. The van der Waals surface area contributed by atoms with E-state index in [2.05, 4.69) is 15.5 Å². The van der Waals surface area contributed by atoms with Gasteiger partial charge < -0.3 is 15.5 Å². The maximum Gasteiger partial charge on any atom is 0.251 e. The fraction of sp³-hybridized carbons (Fsp3) is 0.556. The lowest BCUT2D eigenvalue weighted by Crippen LogP contribution is -2.60. The third-order valence-corrected chi connectivity index (χ3v) is 5.49. The molecule has 1 aromatic carbocycles. The van der Waals surface area contributed by atoms with Crippen molar-refractivity contribution in [1.29, 1.82) is 0 Å². The van der Waals surface area contributed by atoms with Crippen molar-refractivity contribution in [3.8, 4) is 0 Å². The second-order valence-electron chi connectivity index (χ2n) is 6.71. The van der Waals surface area contributed by atoms with Crippen LogP contribution in [0.15, 0.2) is 24.3 Å². The molecule has 5 heteroatoms. The van der Waals surface area contributed by atoms with E-state index in [0.29, 0.717) is 12.1 Å². The van der Waals surface area contributed by atoms with Crippen LogP contribution in [0, 0.1) is 6.92 Å². The molecule has 3 atom stereocenters. The summed E-state index contributed by atoms with van der Waals surface area (Å²) in [5.74, 6) is 0.0396. The topological polar surface area (TPSA) is 44.4 Å². The first-order chi connectivity index (χ1) is 11.1. The Morgan fingerprint density at radius 3 is 2.35 bits per heavy atom. The van der Waals surface area contributed by atoms with Crippen molar-refractivity contribution in [3.63, 3.8) is 0 Å². The molecule has 2 fully saturated rings. The summed E-state index contributed by atoms with van der Waals surface area (Å²) < 4.78 is 0. The van der Waals surface area contributed by atoms with Crippen LogP contribution in [0.2, 0.25) is 0 Å². The smallest absolute Gasteiger partial charge is 0.251 e. The average Bonchev–Trinajstić information content (AvgIpc) is 2.54. The van der Waals surface area contributed by atoms with Crippen LogP contribution >= 0.6 is 12.2 Å². The summed E-state index contributed by atoms with van der Waals surface area (Å²) in [5, 5.41) is 7.20. The van der Waals surface area contributed by atoms with E-state index in [1.165, 1.54) is 12.0 Å². The molecule has 0 aromatic heterocycles. The zero-order valence-corrected chi connectivity index (χ0v) is 14.7. The highest BCUT2D eigenvalue weighted by Gasteiger charge is 2.39. The highest BCUT2D eigenvalue weighted by molar-refractivity contribution is 7.80. The van der Waals surface area contributed by atoms with Gasteiger partial charge in [0.25, 0.3) is 5.91 Å². The van der Waals surface area contributed by atoms with Crippen molar-refractivity contribution in [2.75, 3.05) is 7.05 Å². The van der Waals surface area contributed by atoms with E-state index in [9.17, 15) is 4.79 Å². The first kappa shape index (κ1) is 16.2. The number of carbonyl (C=O) groups is 1. The van der Waals surface area contributed by atoms with Crippen LogP contribution in [0.5, 0.6) is 0 Å². The van der Waals surface area contributed by atoms with E-state index >= 15 is 0 Å². The third-order valence-electron chi connectivity index (χ3n) is 5.07. The van der Waals surface area contributed by atoms with Crippen LogP contribution in [0.1, 0.15) is 48.0 Å². The molecule has 1 aromatic rings. The van der Waals surface area contributed by atoms with Gasteiger partial charge in [-0.1, -0.05) is 17.7 Å². The summed E-state index contributed by atoms with van der Waals surface area (Å²) in [7, 11) is 1.89. The Morgan fingerprint density at radius 1 is 1.17 bits per heavy atom. The molecule has 4 nitrogen and oxygen atoms in total. The number of fused-ring (bicyclic) bond motifs is 2. The zero-order valence-electron chi connectivity index (χ0n) is 13.8.